The molecule has 1 amide bonds. The molecule has 4 nitrogen and oxygen atoms in total. The van der Waals surface area contributed by atoms with Gasteiger partial charge in [0.25, 0.3) is 5.91 Å². The number of rotatable bonds is 3. The van der Waals surface area contributed by atoms with Gasteiger partial charge in [0.1, 0.15) is 0 Å². The second-order valence-corrected chi connectivity index (χ2v) is 3.76. The third-order valence-corrected chi connectivity index (χ3v) is 2.52. The number of carboxylic acids is 1. The summed E-state index contributed by atoms with van der Waals surface area (Å²) in [6.45, 7) is 5.29. The molecule has 1 aromatic carbocycles. The quantitative estimate of drug-likeness (QED) is 0.788. The van der Waals surface area contributed by atoms with Crippen LogP contribution in [-0.4, -0.2) is 17.0 Å². The highest BCUT2D eigenvalue weighted by atomic mass is 16.4. The molecule has 0 spiro atoms. The first-order chi connectivity index (χ1) is 7.95. The van der Waals surface area contributed by atoms with E-state index < -0.39 is 5.97 Å². The molecule has 0 bridgehead atoms. The number of hydrogen-bond acceptors (Lipinski definition) is 2. The first-order valence-electron chi connectivity index (χ1n) is 5.24. The predicted octanol–water partition coefficient (Wildman–Crippen LogP) is 2.60. The van der Waals surface area contributed by atoms with Crippen molar-refractivity contribution in [3.05, 3.63) is 41.0 Å². The van der Waals surface area contributed by atoms with Crippen LogP contribution in [0.1, 0.15) is 29.8 Å². The zero-order valence-electron chi connectivity index (χ0n) is 10.1. The Labute approximate surface area is 100.0 Å². The van der Waals surface area contributed by atoms with Gasteiger partial charge in [0.05, 0.1) is 5.56 Å². The van der Waals surface area contributed by atoms with E-state index in [2.05, 4.69) is 5.32 Å². The van der Waals surface area contributed by atoms with Crippen LogP contribution < -0.4 is 5.32 Å². The number of carboxylic acid groups (broad SMARTS) is 1. The number of aryl methyl sites for hydroxylation is 1. The lowest BCUT2D eigenvalue weighted by Gasteiger charge is -2.09. The summed E-state index contributed by atoms with van der Waals surface area (Å²) in [6, 6.07) is 4.64. The summed E-state index contributed by atoms with van der Waals surface area (Å²) >= 11 is 0. The molecule has 0 heterocycles. The van der Waals surface area contributed by atoms with Gasteiger partial charge in [-0.1, -0.05) is 12.1 Å². The third kappa shape index (κ3) is 3.17. The minimum Gasteiger partial charge on any atom is -0.478 e. The molecule has 90 valence electrons. The fourth-order valence-corrected chi connectivity index (χ4v) is 1.24. The molecule has 0 atom stereocenters. The van der Waals surface area contributed by atoms with Gasteiger partial charge >= 0.3 is 5.97 Å². The van der Waals surface area contributed by atoms with Crippen molar-refractivity contribution in [1.82, 2.24) is 0 Å². The molecule has 4 heteroatoms. The summed E-state index contributed by atoms with van der Waals surface area (Å²) in [7, 11) is 0. The SMILES string of the molecule is CC=C(C)C(=O)Nc1cc(C(=O)O)ccc1C. The molecule has 1 aromatic rings. The largest absolute Gasteiger partial charge is 0.478 e. The lowest BCUT2D eigenvalue weighted by molar-refractivity contribution is -0.112. The molecule has 0 radical (unpaired) electrons. The molecule has 0 saturated heterocycles. The van der Waals surface area contributed by atoms with Gasteiger partial charge in [0, 0.05) is 11.3 Å². The molecule has 0 unspecified atom stereocenters. The van der Waals surface area contributed by atoms with Crippen LogP contribution in [0.3, 0.4) is 0 Å². The van der Waals surface area contributed by atoms with Gasteiger partial charge < -0.3 is 10.4 Å². The lowest BCUT2D eigenvalue weighted by atomic mass is 10.1. The predicted molar refractivity (Wildman–Crippen MR) is 66.2 cm³/mol. The van der Waals surface area contributed by atoms with Crippen LogP contribution in [0.25, 0.3) is 0 Å². The highest BCUT2D eigenvalue weighted by Crippen LogP contribution is 2.17. The second-order valence-electron chi connectivity index (χ2n) is 3.76. The van der Waals surface area contributed by atoms with E-state index in [1.165, 1.54) is 12.1 Å². The Morgan fingerprint density at radius 1 is 1.35 bits per heavy atom. The van der Waals surface area contributed by atoms with Crippen LogP contribution in [0, 0.1) is 6.92 Å². The van der Waals surface area contributed by atoms with Gasteiger partial charge in [0.15, 0.2) is 0 Å². The second kappa shape index (κ2) is 5.30. The zero-order valence-corrected chi connectivity index (χ0v) is 10.1. The molecular formula is C13H15NO3. The van der Waals surface area contributed by atoms with Crippen molar-refractivity contribution in [3.8, 4) is 0 Å². The summed E-state index contributed by atoms with van der Waals surface area (Å²) in [4.78, 5) is 22.5. The number of hydrogen-bond donors (Lipinski definition) is 2. The average Bonchev–Trinajstić information content (AvgIpc) is 2.30. The molecule has 0 saturated carbocycles. The van der Waals surface area contributed by atoms with Gasteiger partial charge in [-0.2, -0.15) is 0 Å². The maximum atomic E-state index is 11.7. The highest BCUT2D eigenvalue weighted by Gasteiger charge is 2.09. The zero-order chi connectivity index (χ0) is 13.0. The number of benzene rings is 1. The summed E-state index contributed by atoms with van der Waals surface area (Å²) < 4.78 is 0. The Bertz CT molecular complexity index is 489. The fourth-order valence-electron chi connectivity index (χ4n) is 1.24. The van der Waals surface area contributed by atoms with Crippen LogP contribution in [0.5, 0.6) is 0 Å². The Morgan fingerprint density at radius 2 is 2.00 bits per heavy atom. The number of aromatic carboxylic acids is 1. The molecule has 0 aliphatic carbocycles. The average molecular weight is 233 g/mol. The summed E-state index contributed by atoms with van der Waals surface area (Å²) in [6.07, 6.45) is 1.70. The van der Waals surface area contributed by atoms with Gasteiger partial charge in [-0.3, -0.25) is 4.79 Å². The van der Waals surface area contributed by atoms with E-state index in [-0.39, 0.29) is 11.5 Å². The molecule has 0 aliphatic heterocycles. The highest BCUT2D eigenvalue weighted by molar-refractivity contribution is 6.04. The van der Waals surface area contributed by atoms with Crippen LogP contribution in [0.15, 0.2) is 29.8 Å². The van der Waals surface area contributed by atoms with Crippen LogP contribution in [0.4, 0.5) is 5.69 Å². The number of carbonyl (C=O) groups excluding carboxylic acids is 1. The van der Waals surface area contributed by atoms with Crippen molar-refractivity contribution in [3.63, 3.8) is 0 Å². The monoisotopic (exact) mass is 233 g/mol. The summed E-state index contributed by atoms with van der Waals surface area (Å²) in [5, 5.41) is 11.6. The molecule has 0 aromatic heterocycles. The van der Waals surface area contributed by atoms with Crippen molar-refractivity contribution in [1.29, 1.82) is 0 Å². The normalized spacial score (nSPS) is 11.1. The number of allylic oxidation sites excluding steroid dienone is 1. The van der Waals surface area contributed by atoms with Crippen LogP contribution in [0.2, 0.25) is 0 Å². The molecule has 2 N–H and O–H groups in total. The summed E-state index contributed by atoms with van der Waals surface area (Å²) in [5.41, 5.74) is 2.09. The third-order valence-electron chi connectivity index (χ3n) is 2.52. The molecule has 17 heavy (non-hydrogen) atoms. The van der Waals surface area contributed by atoms with Gasteiger partial charge in [-0.25, -0.2) is 4.79 Å². The number of carbonyl (C=O) groups is 2. The van der Waals surface area contributed by atoms with Crippen molar-refractivity contribution in [2.75, 3.05) is 5.32 Å². The van der Waals surface area contributed by atoms with Crippen molar-refractivity contribution in [2.45, 2.75) is 20.8 Å². The molecule has 0 fully saturated rings. The van der Waals surface area contributed by atoms with Crippen molar-refractivity contribution >= 4 is 17.6 Å². The fraction of sp³-hybridized carbons (Fsp3) is 0.231. The topological polar surface area (TPSA) is 66.4 Å². The minimum absolute atomic E-state index is 0.157. The van der Waals surface area contributed by atoms with E-state index in [0.29, 0.717) is 11.3 Å². The van der Waals surface area contributed by atoms with E-state index in [9.17, 15) is 9.59 Å². The molecule has 0 aliphatic rings. The Morgan fingerprint density at radius 3 is 2.53 bits per heavy atom. The number of amides is 1. The van der Waals surface area contributed by atoms with E-state index in [0.717, 1.165) is 5.56 Å². The van der Waals surface area contributed by atoms with Crippen LogP contribution >= 0.6 is 0 Å². The lowest BCUT2D eigenvalue weighted by Crippen LogP contribution is -2.14. The van der Waals surface area contributed by atoms with Crippen molar-refractivity contribution in [2.24, 2.45) is 0 Å². The first-order valence-corrected chi connectivity index (χ1v) is 5.24. The summed E-state index contributed by atoms with van der Waals surface area (Å²) in [5.74, 6) is -1.23. The smallest absolute Gasteiger partial charge is 0.335 e. The van der Waals surface area contributed by atoms with E-state index in [1.54, 1.807) is 26.0 Å². The van der Waals surface area contributed by atoms with Gasteiger partial charge in [0.2, 0.25) is 0 Å². The number of anilines is 1. The van der Waals surface area contributed by atoms with E-state index in [4.69, 9.17) is 5.11 Å². The minimum atomic E-state index is -1.01. The maximum absolute atomic E-state index is 11.7. The Kier molecular flexibility index (Phi) is 4.04. The van der Waals surface area contributed by atoms with E-state index in [1.807, 2.05) is 6.92 Å². The molecular weight excluding hydrogens is 218 g/mol. The Balaban J connectivity index is 3.02. The van der Waals surface area contributed by atoms with Gasteiger partial charge in [-0.05, 0) is 38.5 Å². The van der Waals surface area contributed by atoms with Gasteiger partial charge in [-0.15, -0.1) is 0 Å². The van der Waals surface area contributed by atoms with Crippen LogP contribution in [-0.2, 0) is 4.79 Å². The number of nitrogens with one attached hydrogen (secondary N) is 1. The van der Waals surface area contributed by atoms with Crippen molar-refractivity contribution < 1.29 is 14.7 Å². The Hall–Kier alpha value is -2.10. The maximum Gasteiger partial charge on any atom is 0.335 e. The molecule has 1 rings (SSSR count). The first kappa shape index (κ1) is 13.0. The van der Waals surface area contributed by atoms with E-state index >= 15 is 0 Å². The standard InChI is InChI=1S/C13H15NO3/c1-4-8(2)12(15)14-11-7-10(13(16)17)6-5-9(11)3/h4-7H,1-3H3,(H,14,15)(H,16,17).